The molecule has 0 unspecified atom stereocenters. The monoisotopic (exact) mass is 404 g/mol. The Balaban J connectivity index is 1.57. The van der Waals surface area contributed by atoms with E-state index in [0.717, 1.165) is 4.88 Å². The molecule has 142 valence electrons. The van der Waals surface area contributed by atoms with Gasteiger partial charge in [0.05, 0.1) is 23.8 Å². The van der Waals surface area contributed by atoms with Gasteiger partial charge in [-0.3, -0.25) is 9.89 Å². The molecule has 9 heteroatoms. The Bertz CT molecular complexity index is 881. The quantitative estimate of drug-likeness (QED) is 0.523. The predicted molar refractivity (Wildman–Crippen MR) is 108 cm³/mol. The molecule has 2 heterocycles. The highest BCUT2D eigenvalue weighted by atomic mass is 32.2. The van der Waals surface area contributed by atoms with Crippen molar-refractivity contribution in [3.05, 3.63) is 35.7 Å². The highest BCUT2D eigenvalue weighted by molar-refractivity contribution is 7.99. The van der Waals surface area contributed by atoms with E-state index in [2.05, 4.69) is 20.5 Å². The van der Waals surface area contributed by atoms with Crippen LogP contribution in [-0.2, 0) is 4.79 Å². The molecule has 2 aromatic heterocycles. The van der Waals surface area contributed by atoms with Crippen LogP contribution in [0.25, 0.3) is 10.7 Å². The number of thiophene rings is 1. The minimum atomic E-state index is -0.144. The fraction of sp³-hybridized carbons (Fsp3) is 0.278. The van der Waals surface area contributed by atoms with E-state index in [0.29, 0.717) is 41.4 Å². The number of aromatic amines is 1. The van der Waals surface area contributed by atoms with Gasteiger partial charge in [-0.25, -0.2) is 4.98 Å². The number of aromatic nitrogens is 3. The van der Waals surface area contributed by atoms with Crippen LogP contribution in [0.4, 0.5) is 5.69 Å². The van der Waals surface area contributed by atoms with Crippen molar-refractivity contribution in [3.8, 4) is 22.2 Å². The number of ether oxygens (including phenoxy) is 2. The zero-order valence-electron chi connectivity index (χ0n) is 15.0. The predicted octanol–water partition coefficient (Wildman–Crippen LogP) is 4.06. The molecule has 1 aromatic carbocycles. The van der Waals surface area contributed by atoms with Gasteiger partial charge in [-0.15, -0.1) is 16.4 Å². The molecule has 0 aliphatic heterocycles. The second kappa shape index (κ2) is 9.43. The molecule has 0 bridgehead atoms. The summed E-state index contributed by atoms with van der Waals surface area (Å²) in [4.78, 5) is 17.6. The summed E-state index contributed by atoms with van der Waals surface area (Å²) in [7, 11) is 0. The number of thioether (sulfide) groups is 1. The molecule has 0 aliphatic carbocycles. The maximum Gasteiger partial charge on any atom is 0.234 e. The van der Waals surface area contributed by atoms with Gasteiger partial charge in [-0.05, 0) is 37.4 Å². The standard InChI is InChI=1S/C18H20N4O3S2/c1-3-24-13-8-7-12(10-14(13)25-4-2)19-16(23)11-27-18-20-17(21-22-18)15-6-5-9-26-15/h5-10H,3-4,11H2,1-2H3,(H,19,23)(H,20,21,22). The van der Waals surface area contributed by atoms with Gasteiger partial charge in [0.1, 0.15) is 0 Å². The third-order valence-corrected chi connectivity index (χ3v) is 5.10. The molecular weight excluding hydrogens is 384 g/mol. The van der Waals surface area contributed by atoms with Crippen LogP contribution in [0.5, 0.6) is 11.5 Å². The minimum Gasteiger partial charge on any atom is -0.490 e. The fourth-order valence-electron chi connectivity index (χ4n) is 2.29. The summed E-state index contributed by atoms with van der Waals surface area (Å²) in [6.45, 7) is 4.88. The van der Waals surface area contributed by atoms with Crippen LogP contribution >= 0.6 is 23.1 Å². The number of anilines is 1. The van der Waals surface area contributed by atoms with Crippen molar-refractivity contribution >= 4 is 34.7 Å². The Morgan fingerprint density at radius 1 is 1.22 bits per heavy atom. The molecule has 2 N–H and O–H groups in total. The average Bonchev–Trinajstić information content (AvgIpc) is 3.34. The van der Waals surface area contributed by atoms with E-state index in [9.17, 15) is 4.79 Å². The van der Waals surface area contributed by atoms with Crippen LogP contribution in [0.1, 0.15) is 13.8 Å². The molecule has 3 rings (SSSR count). The molecule has 7 nitrogen and oxygen atoms in total. The number of carbonyl (C=O) groups is 1. The Kier molecular flexibility index (Phi) is 6.72. The smallest absolute Gasteiger partial charge is 0.234 e. The largest absolute Gasteiger partial charge is 0.490 e. The van der Waals surface area contributed by atoms with E-state index in [1.807, 2.05) is 31.4 Å². The van der Waals surface area contributed by atoms with E-state index >= 15 is 0 Å². The fourth-order valence-corrected chi connectivity index (χ4v) is 3.55. The number of nitrogens with zero attached hydrogens (tertiary/aromatic N) is 2. The summed E-state index contributed by atoms with van der Waals surface area (Å²) in [6, 6.07) is 9.26. The second-order valence-electron chi connectivity index (χ2n) is 5.31. The third kappa shape index (κ3) is 5.24. The van der Waals surface area contributed by atoms with Crippen molar-refractivity contribution in [1.82, 2.24) is 15.2 Å². The second-order valence-corrected chi connectivity index (χ2v) is 7.20. The molecule has 0 radical (unpaired) electrons. The van der Waals surface area contributed by atoms with Gasteiger partial charge in [-0.2, -0.15) is 0 Å². The Labute approximate surface area is 165 Å². The first-order valence-electron chi connectivity index (χ1n) is 8.48. The van der Waals surface area contributed by atoms with Gasteiger partial charge in [-0.1, -0.05) is 17.8 Å². The van der Waals surface area contributed by atoms with E-state index in [1.165, 1.54) is 11.8 Å². The summed E-state index contributed by atoms with van der Waals surface area (Å²) in [5.41, 5.74) is 0.654. The van der Waals surface area contributed by atoms with E-state index in [1.54, 1.807) is 29.5 Å². The number of benzene rings is 1. The van der Waals surface area contributed by atoms with Gasteiger partial charge in [0.25, 0.3) is 0 Å². The molecule has 0 saturated heterocycles. The SMILES string of the molecule is CCOc1ccc(NC(=O)CSc2n[nH]c(-c3cccs3)n2)cc1OCC. The van der Waals surface area contributed by atoms with Crippen molar-refractivity contribution in [1.29, 1.82) is 0 Å². The Morgan fingerprint density at radius 2 is 2.04 bits per heavy atom. The number of H-pyrrole nitrogens is 1. The van der Waals surface area contributed by atoms with Crippen LogP contribution in [0.2, 0.25) is 0 Å². The number of rotatable bonds is 9. The molecule has 3 aromatic rings. The zero-order chi connectivity index (χ0) is 19.1. The van der Waals surface area contributed by atoms with E-state index in [-0.39, 0.29) is 11.7 Å². The van der Waals surface area contributed by atoms with E-state index in [4.69, 9.17) is 9.47 Å². The van der Waals surface area contributed by atoms with Gasteiger partial charge in [0, 0.05) is 11.8 Å². The van der Waals surface area contributed by atoms with Crippen molar-refractivity contribution in [2.24, 2.45) is 0 Å². The maximum absolute atomic E-state index is 12.2. The molecule has 0 spiro atoms. The van der Waals surface area contributed by atoms with Gasteiger partial charge < -0.3 is 14.8 Å². The lowest BCUT2D eigenvalue weighted by Crippen LogP contribution is -2.14. The number of hydrogen-bond acceptors (Lipinski definition) is 7. The maximum atomic E-state index is 12.2. The van der Waals surface area contributed by atoms with Gasteiger partial charge >= 0.3 is 0 Å². The molecule has 0 aliphatic rings. The van der Waals surface area contributed by atoms with Crippen LogP contribution < -0.4 is 14.8 Å². The van der Waals surface area contributed by atoms with Crippen molar-refractivity contribution in [2.45, 2.75) is 19.0 Å². The molecule has 1 amide bonds. The highest BCUT2D eigenvalue weighted by Crippen LogP contribution is 2.31. The number of hydrogen-bond donors (Lipinski definition) is 2. The summed E-state index contributed by atoms with van der Waals surface area (Å²) < 4.78 is 11.1. The topological polar surface area (TPSA) is 89.1 Å². The van der Waals surface area contributed by atoms with Gasteiger partial charge in [0.15, 0.2) is 17.3 Å². The lowest BCUT2D eigenvalue weighted by Gasteiger charge is -2.12. The first-order valence-corrected chi connectivity index (χ1v) is 10.3. The zero-order valence-corrected chi connectivity index (χ0v) is 16.7. The first-order chi connectivity index (χ1) is 13.2. The molecule has 0 saturated carbocycles. The van der Waals surface area contributed by atoms with Gasteiger partial charge in [0.2, 0.25) is 11.1 Å². The lowest BCUT2D eigenvalue weighted by atomic mass is 10.2. The first kappa shape index (κ1) is 19.2. The molecule has 0 fully saturated rings. The number of nitrogens with one attached hydrogen (secondary N) is 2. The lowest BCUT2D eigenvalue weighted by molar-refractivity contribution is -0.113. The molecule has 0 atom stereocenters. The van der Waals surface area contributed by atoms with Crippen molar-refractivity contribution < 1.29 is 14.3 Å². The molecular formula is C18H20N4O3S2. The Hall–Kier alpha value is -2.52. The molecule has 27 heavy (non-hydrogen) atoms. The summed E-state index contributed by atoms with van der Waals surface area (Å²) in [6.07, 6.45) is 0. The Morgan fingerprint density at radius 3 is 2.78 bits per heavy atom. The highest BCUT2D eigenvalue weighted by Gasteiger charge is 2.11. The van der Waals surface area contributed by atoms with Crippen LogP contribution in [0.15, 0.2) is 40.9 Å². The minimum absolute atomic E-state index is 0.144. The number of amides is 1. The van der Waals surface area contributed by atoms with Crippen molar-refractivity contribution in [2.75, 3.05) is 24.3 Å². The van der Waals surface area contributed by atoms with Crippen LogP contribution in [-0.4, -0.2) is 40.1 Å². The number of carbonyl (C=O) groups excluding carboxylic acids is 1. The summed E-state index contributed by atoms with van der Waals surface area (Å²) >= 11 is 2.86. The third-order valence-electron chi connectivity index (χ3n) is 3.38. The van der Waals surface area contributed by atoms with Crippen molar-refractivity contribution in [3.63, 3.8) is 0 Å². The van der Waals surface area contributed by atoms with Crippen LogP contribution in [0, 0.1) is 0 Å². The normalized spacial score (nSPS) is 10.6. The summed E-state index contributed by atoms with van der Waals surface area (Å²) in [5, 5.41) is 12.4. The van der Waals surface area contributed by atoms with Crippen LogP contribution in [0.3, 0.4) is 0 Å². The average molecular weight is 405 g/mol. The van der Waals surface area contributed by atoms with E-state index < -0.39 is 0 Å². The summed E-state index contributed by atoms with van der Waals surface area (Å²) in [5.74, 6) is 2.04.